The van der Waals surface area contributed by atoms with Crippen LogP contribution in [0, 0.1) is 11.8 Å². The largest absolute Gasteiger partial charge is 0.373 e. The van der Waals surface area contributed by atoms with Crippen molar-refractivity contribution in [3.8, 4) is 0 Å². The van der Waals surface area contributed by atoms with Gasteiger partial charge < -0.3 is 4.74 Å². The van der Waals surface area contributed by atoms with E-state index in [9.17, 15) is 9.59 Å². The fourth-order valence-electron chi connectivity index (χ4n) is 3.23. The van der Waals surface area contributed by atoms with Crippen LogP contribution < -0.4 is 4.90 Å². The van der Waals surface area contributed by atoms with Gasteiger partial charge in [-0.3, -0.25) is 9.59 Å². The lowest BCUT2D eigenvalue weighted by Gasteiger charge is -2.14. The van der Waals surface area contributed by atoms with Crippen molar-refractivity contribution >= 4 is 28.3 Å². The summed E-state index contributed by atoms with van der Waals surface area (Å²) in [6.07, 6.45) is 3.31. The third-order valence-corrected chi connectivity index (χ3v) is 4.65. The minimum absolute atomic E-state index is 0.0496. The van der Waals surface area contributed by atoms with Gasteiger partial charge in [-0.1, -0.05) is 0 Å². The fourth-order valence-corrected chi connectivity index (χ4v) is 3.88. The number of aromatic nitrogens is 1. The predicted molar refractivity (Wildman–Crippen MR) is 59.5 cm³/mol. The molecule has 0 N–H and O–H groups in total. The van der Waals surface area contributed by atoms with E-state index in [4.69, 9.17) is 4.74 Å². The van der Waals surface area contributed by atoms with Gasteiger partial charge in [0.1, 0.15) is 0 Å². The normalized spacial score (nSPS) is 39.2. The van der Waals surface area contributed by atoms with Crippen LogP contribution in [-0.4, -0.2) is 29.0 Å². The summed E-state index contributed by atoms with van der Waals surface area (Å²) in [4.78, 5) is 29.9. The highest BCUT2D eigenvalue weighted by molar-refractivity contribution is 7.14. The molecule has 4 atom stereocenters. The molecule has 2 bridgehead atoms. The van der Waals surface area contributed by atoms with E-state index in [2.05, 4.69) is 4.98 Å². The number of rotatable bonds is 1. The van der Waals surface area contributed by atoms with Crippen LogP contribution in [0.1, 0.15) is 12.8 Å². The monoisotopic (exact) mass is 250 g/mol. The van der Waals surface area contributed by atoms with Crippen molar-refractivity contribution in [2.45, 2.75) is 25.0 Å². The Morgan fingerprint density at radius 1 is 1.24 bits per heavy atom. The molecule has 4 heterocycles. The molecule has 5 nitrogen and oxygen atoms in total. The molecule has 2 amide bonds. The second-order valence-corrected chi connectivity index (χ2v) is 5.54. The number of carbonyl (C=O) groups excluding carboxylic acids is 2. The second kappa shape index (κ2) is 3.14. The molecular weight excluding hydrogens is 240 g/mol. The summed E-state index contributed by atoms with van der Waals surface area (Å²) < 4.78 is 5.66. The summed E-state index contributed by atoms with van der Waals surface area (Å²) in [5.74, 6) is -0.764. The topological polar surface area (TPSA) is 59.5 Å². The first-order valence-corrected chi connectivity index (χ1v) is 6.58. The van der Waals surface area contributed by atoms with Gasteiger partial charge in [-0.05, 0) is 12.8 Å². The zero-order valence-corrected chi connectivity index (χ0v) is 9.72. The van der Waals surface area contributed by atoms with E-state index in [0.717, 1.165) is 12.8 Å². The van der Waals surface area contributed by atoms with Crippen LogP contribution in [-0.2, 0) is 14.3 Å². The molecule has 0 aliphatic carbocycles. The lowest BCUT2D eigenvalue weighted by molar-refractivity contribution is -0.124. The molecule has 3 saturated heterocycles. The number of fused-ring (bicyclic) bond motifs is 5. The standard InChI is InChI=1S/C11H10N2O3S/c14-9-7-5-1-2-6(16-5)8(7)10(15)13(9)11-12-3-4-17-11/h3-8H,1-2H2. The molecule has 4 unspecified atom stereocenters. The van der Waals surface area contributed by atoms with Crippen LogP contribution in [0.15, 0.2) is 11.6 Å². The van der Waals surface area contributed by atoms with Gasteiger partial charge in [-0.25, -0.2) is 9.88 Å². The highest BCUT2D eigenvalue weighted by Gasteiger charge is 2.63. The van der Waals surface area contributed by atoms with Crippen LogP contribution in [0.4, 0.5) is 5.13 Å². The molecule has 0 radical (unpaired) electrons. The first kappa shape index (κ1) is 9.73. The van der Waals surface area contributed by atoms with E-state index in [0.29, 0.717) is 5.13 Å². The van der Waals surface area contributed by atoms with Gasteiger partial charge in [0.15, 0.2) is 5.13 Å². The maximum atomic E-state index is 12.3. The number of anilines is 1. The van der Waals surface area contributed by atoms with E-state index >= 15 is 0 Å². The molecule has 3 aliphatic rings. The number of hydrogen-bond donors (Lipinski definition) is 0. The number of thiazole rings is 1. The maximum Gasteiger partial charge on any atom is 0.242 e. The molecule has 88 valence electrons. The Labute approximate surface area is 101 Å². The van der Waals surface area contributed by atoms with Gasteiger partial charge in [0.05, 0.1) is 24.0 Å². The van der Waals surface area contributed by atoms with Crippen LogP contribution in [0.2, 0.25) is 0 Å². The van der Waals surface area contributed by atoms with E-state index in [1.165, 1.54) is 16.2 Å². The summed E-state index contributed by atoms with van der Waals surface area (Å²) in [6.45, 7) is 0. The molecule has 3 fully saturated rings. The number of imide groups is 1. The number of ether oxygens (including phenoxy) is 1. The van der Waals surface area contributed by atoms with Gasteiger partial charge in [-0.2, -0.15) is 0 Å². The lowest BCUT2D eigenvalue weighted by atomic mass is 9.81. The van der Waals surface area contributed by atoms with Crippen molar-refractivity contribution in [3.05, 3.63) is 11.6 Å². The van der Waals surface area contributed by atoms with Crippen molar-refractivity contribution in [1.29, 1.82) is 0 Å². The second-order valence-electron chi connectivity index (χ2n) is 4.67. The molecule has 3 aliphatic heterocycles. The summed E-state index contributed by atoms with van der Waals surface area (Å²) in [7, 11) is 0. The average Bonchev–Trinajstić information content (AvgIpc) is 3.03. The zero-order chi connectivity index (χ0) is 11.6. The summed E-state index contributed by atoms with van der Waals surface area (Å²) in [5.41, 5.74) is 0. The van der Waals surface area contributed by atoms with Gasteiger partial charge in [-0.15, -0.1) is 11.3 Å². The predicted octanol–water partition coefficient (Wildman–Crippen LogP) is 0.810. The van der Waals surface area contributed by atoms with E-state index in [1.807, 2.05) is 0 Å². The average molecular weight is 250 g/mol. The lowest BCUT2D eigenvalue weighted by Crippen LogP contribution is -2.34. The number of amides is 2. The summed E-state index contributed by atoms with van der Waals surface area (Å²) in [6, 6.07) is 0. The van der Waals surface area contributed by atoms with Crippen LogP contribution in [0.3, 0.4) is 0 Å². The molecule has 4 rings (SSSR count). The Morgan fingerprint density at radius 2 is 1.88 bits per heavy atom. The molecule has 0 saturated carbocycles. The van der Waals surface area contributed by atoms with Gasteiger partial charge >= 0.3 is 0 Å². The van der Waals surface area contributed by atoms with Gasteiger partial charge in [0.25, 0.3) is 0 Å². The molecule has 0 aromatic carbocycles. The molecule has 1 aromatic rings. The Bertz CT molecular complexity index is 473. The highest BCUT2D eigenvalue weighted by atomic mass is 32.1. The van der Waals surface area contributed by atoms with Crippen molar-refractivity contribution in [2.75, 3.05) is 4.90 Å². The number of hydrogen-bond acceptors (Lipinski definition) is 5. The van der Waals surface area contributed by atoms with Crippen LogP contribution >= 0.6 is 11.3 Å². The van der Waals surface area contributed by atoms with Crippen molar-refractivity contribution in [1.82, 2.24) is 4.98 Å². The van der Waals surface area contributed by atoms with Crippen molar-refractivity contribution in [2.24, 2.45) is 11.8 Å². The third kappa shape index (κ3) is 1.09. The summed E-state index contributed by atoms with van der Waals surface area (Å²) >= 11 is 1.32. The zero-order valence-electron chi connectivity index (χ0n) is 8.91. The van der Waals surface area contributed by atoms with Crippen LogP contribution in [0.25, 0.3) is 0 Å². The summed E-state index contributed by atoms with van der Waals surface area (Å²) in [5, 5.41) is 2.27. The quantitative estimate of drug-likeness (QED) is 0.692. The minimum Gasteiger partial charge on any atom is -0.373 e. The van der Waals surface area contributed by atoms with E-state index < -0.39 is 0 Å². The van der Waals surface area contributed by atoms with Gasteiger partial charge in [0, 0.05) is 11.6 Å². The molecule has 1 aromatic heterocycles. The molecule has 6 heteroatoms. The SMILES string of the molecule is O=C1C2C3CCC(O3)C2C(=O)N1c1nccs1. The van der Waals surface area contributed by atoms with Crippen molar-refractivity contribution in [3.63, 3.8) is 0 Å². The van der Waals surface area contributed by atoms with Crippen LogP contribution in [0.5, 0.6) is 0 Å². The first-order chi connectivity index (χ1) is 8.27. The highest BCUT2D eigenvalue weighted by Crippen LogP contribution is 2.49. The minimum atomic E-state index is -0.259. The Kier molecular flexibility index (Phi) is 1.80. The van der Waals surface area contributed by atoms with E-state index in [-0.39, 0.29) is 35.9 Å². The Morgan fingerprint density at radius 3 is 2.41 bits per heavy atom. The maximum absolute atomic E-state index is 12.3. The molecule has 17 heavy (non-hydrogen) atoms. The van der Waals surface area contributed by atoms with E-state index in [1.54, 1.807) is 11.6 Å². The van der Waals surface area contributed by atoms with Crippen molar-refractivity contribution < 1.29 is 14.3 Å². The third-order valence-electron chi connectivity index (χ3n) is 3.89. The fraction of sp³-hybridized carbons (Fsp3) is 0.545. The molecular formula is C11H10N2O3S. The number of nitrogens with zero attached hydrogens (tertiary/aromatic N) is 2. The Balaban J connectivity index is 1.77. The first-order valence-electron chi connectivity index (χ1n) is 5.70. The van der Waals surface area contributed by atoms with Gasteiger partial charge in [0.2, 0.25) is 11.8 Å². The smallest absolute Gasteiger partial charge is 0.242 e. The number of carbonyl (C=O) groups is 2. The molecule has 0 spiro atoms. The Hall–Kier alpha value is -1.27.